The number of allylic oxidation sites excluding steroid dienone is 1. The van der Waals surface area contributed by atoms with Crippen LogP contribution in [-0.4, -0.2) is 6.54 Å². The Morgan fingerprint density at radius 3 is 2.57 bits per heavy atom. The zero-order valence-electron chi connectivity index (χ0n) is 7.90. The number of nitriles is 1. The highest BCUT2D eigenvalue weighted by Gasteiger charge is 2.07. The highest BCUT2D eigenvalue weighted by atomic mass is 32.1. The molecular formula is C10H11N3S. The molecule has 0 amide bonds. The van der Waals surface area contributed by atoms with Crippen molar-refractivity contribution in [3.8, 4) is 6.07 Å². The molecule has 0 aromatic carbocycles. The van der Waals surface area contributed by atoms with Gasteiger partial charge in [0.25, 0.3) is 5.70 Å². The molecule has 3 nitrogen and oxygen atoms in total. The molecule has 0 saturated heterocycles. The molecule has 0 aliphatic rings. The first-order valence-electron chi connectivity index (χ1n) is 4.31. The highest BCUT2D eigenvalue weighted by Crippen LogP contribution is 1.97. The average molecular weight is 205 g/mol. The third kappa shape index (κ3) is 2.44. The molecule has 14 heavy (non-hydrogen) atoms. The van der Waals surface area contributed by atoms with Gasteiger partial charge in [-0.1, -0.05) is 6.07 Å². The molecule has 72 valence electrons. The van der Waals surface area contributed by atoms with Crippen LogP contribution in [0, 0.1) is 11.3 Å². The van der Waals surface area contributed by atoms with E-state index < -0.39 is 0 Å². The second-order valence-corrected chi connectivity index (χ2v) is 3.01. The van der Waals surface area contributed by atoms with Gasteiger partial charge in [-0.05, 0) is 12.0 Å². The molecule has 0 fully saturated rings. The second kappa shape index (κ2) is 5.20. The molecule has 1 aromatic heterocycles. The van der Waals surface area contributed by atoms with Crippen LogP contribution in [0.1, 0.15) is 6.92 Å². The molecule has 1 N–H and O–H groups in total. The van der Waals surface area contributed by atoms with Crippen LogP contribution < -0.4 is 9.88 Å². The van der Waals surface area contributed by atoms with E-state index in [0.717, 1.165) is 6.54 Å². The van der Waals surface area contributed by atoms with Crippen LogP contribution in [0.25, 0.3) is 5.70 Å². The predicted molar refractivity (Wildman–Crippen MR) is 56.5 cm³/mol. The summed E-state index contributed by atoms with van der Waals surface area (Å²) in [4.78, 5) is 0. The third-order valence-corrected chi connectivity index (χ3v) is 1.97. The van der Waals surface area contributed by atoms with E-state index in [1.807, 2.05) is 25.1 Å². The van der Waals surface area contributed by atoms with E-state index in [-0.39, 0.29) is 0 Å². The average Bonchev–Trinajstić information content (AvgIpc) is 2.21. The fourth-order valence-corrected chi connectivity index (χ4v) is 1.31. The van der Waals surface area contributed by atoms with Crippen LogP contribution in [0.5, 0.6) is 0 Å². The number of aromatic nitrogens is 1. The van der Waals surface area contributed by atoms with E-state index in [0.29, 0.717) is 10.7 Å². The Bertz CT molecular complexity index is 365. The maximum Gasteiger partial charge on any atom is 0.284 e. The smallest absolute Gasteiger partial charge is 0.284 e. The van der Waals surface area contributed by atoms with Crippen LogP contribution >= 0.6 is 0 Å². The molecule has 1 rings (SSSR count). The van der Waals surface area contributed by atoms with Crippen molar-refractivity contribution in [3.63, 3.8) is 0 Å². The first kappa shape index (κ1) is 10.5. The third-order valence-electron chi connectivity index (χ3n) is 1.63. The molecule has 0 aliphatic heterocycles. The lowest BCUT2D eigenvalue weighted by molar-refractivity contribution is -0.578. The second-order valence-electron chi connectivity index (χ2n) is 2.60. The van der Waals surface area contributed by atoms with Crippen molar-refractivity contribution >= 4 is 18.3 Å². The highest BCUT2D eigenvalue weighted by molar-refractivity contribution is 7.63. The van der Waals surface area contributed by atoms with E-state index in [1.165, 1.54) is 0 Å². The lowest BCUT2D eigenvalue weighted by atomic mass is 10.4. The molecule has 0 bridgehead atoms. The topological polar surface area (TPSA) is 39.7 Å². The summed E-state index contributed by atoms with van der Waals surface area (Å²) < 4.78 is 1.70. The molecular weight excluding hydrogens is 194 g/mol. The van der Waals surface area contributed by atoms with Crippen molar-refractivity contribution < 1.29 is 4.57 Å². The minimum absolute atomic E-state index is 0.447. The first-order chi connectivity index (χ1) is 6.79. The zero-order chi connectivity index (χ0) is 10.4. The maximum atomic E-state index is 8.94. The van der Waals surface area contributed by atoms with E-state index in [2.05, 4.69) is 11.4 Å². The summed E-state index contributed by atoms with van der Waals surface area (Å²) in [6.07, 6.45) is 3.59. The van der Waals surface area contributed by atoms with Gasteiger partial charge in [0.05, 0.1) is 0 Å². The fraction of sp³-hybridized carbons (Fsp3) is 0.200. The van der Waals surface area contributed by atoms with E-state index >= 15 is 0 Å². The molecule has 0 aliphatic carbocycles. The Morgan fingerprint density at radius 1 is 1.43 bits per heavy atom. The van der Waals surface area contributed by atoms with Crippen LogP contribution in [0.15, 0.2) is 35.6 Å². The Labute approximate surface area is 89.1 Å². The lowest BCUT2D eigenvalue weighted by Gasteiger charge is -2.12. The zero-order valence-corrected chi connectivity index (χ0v) is 8.71. The van der Waals surface area contributed by atoms with Crippen molar-refractivity contribution in [1.82, 2.24) is 5.32 Å². The summed E-state index contributed by atoms with van der Waals surface area (Å²) in [6.45, 7) is 2.66. The Hall–Kier alpha value is -1.60. The summed E-state index contributed by atoms with van der Waals surface area (Å²) in [5.41, 5.74) is 0.447. The Kier molecular flexibility index (Phi) is 3.89. The van der Waals surface area contributed by atoms with Gasteiger partial charge in [0.2, 0.25) is 0 Å². The number of hydrogen-bond acceptors (Lipinski definition) is 3. The van der Waals surface area contributed by atoms with E-state index in [1.54, 1.807) is 17.0 Å². The van der Waals surface area contributed by atoms with Crippen molar-refractivity contribution in [3.05, 3.63) is 35.6 Å². The van der Waals surface area contributed by atoms with E-state index in [4.69, 9.17) is 17.9 Å². The largest absolute Gasteiger partial charge is 0.756 e. The minimum atomic E-state index is 0.447. The van der Waals surface area contributed by atoms with Gasteiger partial charge < -0.3 is 17.9 Å². The lowest BCUT2D eigenvalue weighted by Crippen LogP contribution is -2.33. The van der Waals surface area contributed by atoms with Gasteiger partial charge in [0.1, 0.15) is 0 Å². The number of nitrogens with one attached hydrogen (secondary N) is 1. The summed E-state index contributed by atoms with van der Waals surface area (Å²) in [5, 5.41) is 12.4. The van der Waals surface area contributed by atoms with Crippen LogP contribution in [0.3, 0.4) is 0 Å². The molecule has 0 radical (unpaired) electrons. The van der Waals surface area contributed by atoms with Gasteiger partial charge in [-0.25, -0.2) is 0 Å². The van der Waals surface area contributed by atoms with Crippen LogP contribution in [0.2, 0.25) is 0 Å². The summed E-state index contributed by atoms with van der Waals surface area (Å²) in [5.74, 6) is 0. The Morgan fingerprint density at radius 2 is 2.07 bits per heavy atom. The molecule has 0 atom stereocenters. The Balaban J connectivity index is 3.06. The number of nitrogens with zero attached hydrogens (tertiary/aromatic N) is 2. The van der Waals surface area contributed by atoms with Crippen molar-refractivity contribution in [1.29, 1.82) is 5.26 Å². The first-order valence-corrected chi connectivity index (χ1v) is 4.72. The summed E-state index contributed by atoms with van der Waals surface area (Å²) >= 11 is 5.06. The van der Waals surface area contributed by atoms with Gasteiger partial charge in [-0.3, -0.25) is 0 Å². The van der Waals surface area contributed by atoms with Crippen LogP contribution in [0.4, 0.5) is 0 Å². The van der Waals surface area contributed by atoms with Gasteiger partial charge in [-0.15, -0.1) is 0 Å². The standard InChI is InChI=1S/C10H11N3S/c1-2-12-10(14)9(8-11)13-6-4-3-5-7-13/h3-7,12H,2H2,1H3. The van der Waals surface area contributed by atoms with Gasteiger partial charge >= 0.3 is 0 Å². The molecule has 4 heteroatoms. The molecule has 1 aromatic rings. The van der Waals surface area contributed by atoms with Gasteiger partial charge in [0.15, 0.2) is 18.5 Å². The van der Waals surface area contributed by atoms with Gasteiger partial charge in [-0.2, -0.15) is 9.83 Å². The predicted octanol–water partition coefficient (Wildman–Crippen LogP) is 0.780. The van der Waals surface area contributed by atoms with Crippen molar-refractivity contribution in [2.45, 2.75) is 6.92 Å². The van der Waals surface area contributed by atoms with Crippen LogP contribution in [-0.2, 0) is 12.6 Å². The molecule has 0 spiro atoms. The normalized spacial score (nSPS) is 11.4. The van der Waals surface area contributed by atoms with Crippen molar-refractivity contribution in [2.24, 2.45) is 0 Å². The molecule has 0 saturated carbocycles. The minimum Gasteiger partial charge on any atom is -0.756 e. The summed E-state index contributed by atoms with van der Waals surface area (Å²) in [6, 6.07) is 7.68. The fourth-order valence-electron chi connectivity index (χ4n) is 1.02. The monoisotopic (exact) mass is 205 g/mol. The SMILES string of the molecule is CCNC([S-])=C(C#N)[n+]1ccccc1. The van der Waals surface area contributed by atoms with Gasteiger partial charge in [0, 0.05) is 18.7 Å². The summed E-state index contributed by atoms with van der Waals surface area (Å²) in [7, 11) is 0. The molecule has 1 heterocycles. The number of rotatable bonds is 3. The maximum absolute atomic E-state index is 8.94. The quantitative estimate of drug-likeness (QED) is 0.450. The number of hydrogen-bond donors (Lipinski definition) is 1. The van der Waals surface area contributed by atoms with E-state index in [9.17, 15) is 0 Å². The number of pyridine rings is 1. The van der Waals surface area contributed by atoms with Crippen molar-refractivity contribution in [2.75, 3.05) is 6.54 Å². The molecule has 0 unspecified atom stereocenters.